The van der Waals surface area contributed by atoms with Gasteiger partial charge in [0.05, 0.1) is 0 Å². The summed E-state index contributed by atoms with van der Waals surface area (Å²) in [6, 6.07) is 0. The summed E-state index contributed by atoms with van der Waals surface area (Å²) in [4.78, 5) is 34.3. The molecule has 0 radical (unpaired) electrons. The highest BCUT2D eigenvalue weighted by Gasteiger charge is 2.30. The van der Waals surface area contributed by atoms with E-state index in [2.05, 4.69) is 0 Å². The van der Waals surface area contributed by atoms with Gasteiger partial charge in [-0.3, -0.25) is 19.3 Å². The number of hydrogen-bond donors (Lipinski definition) is 1. The Bertz CT molecular complexity index is 271. The number of likely N-dealkylation sites (tertiary alicyclic amines) is 1. The predicted molar refractivity (Wildman–Crippen MR) is 52.0 cm³/mol. The molecule has 0 aromatic heterocycles. The molecule has 15 heavy (non-hydrogen) atoms. The molecule has 0 aliphatic carbocycles. The Morgan fingerprint density at radius 1 is 1.40 bits per heavy atom. The van der Waals surface area contributed by atoms with Crippen LogP contribution in [0.2, 0.25) is 0 Å². The van der Waals surface area contributed by atoms with Crippen molar-refractivity contribution in [2.45, 2.75) is 32.6 Å². The van der Waals surface area contributed by atoms with Crippen LogP contribution < -0.4 is 0 Å². The van der Waals surface area contributed by atoms with Crippen molar-refractivity contribution in [3.8, 4) is 0 Å². The van der Waals surface area contributed by atoms with Gasteiger partial charge in [-0.2, -0.15) is 0 Å². The first-order chi connectivity index (χ1) is 7.04. The van der Waals surface area contributed by atoms with Crippen LogP contribution in [0.25, 0.3) is 0 Å². The third-order valence-corrected chi connectivity index (χ3v) is 2.64. The third-order valence-electron chi connectivity index (χ3n) is 2.64. The monoisotopic (exact) mass is 213 g/mol. The lowest BCUT2D eigenvalue weighted by Gasteiger charge is -2.19. The van der Waals surface area contributed by atoms with Crippen LogP contribution in [0.3, 0.4) is 0 Å². The number of imide groups is 1. The van der Waals surface area contributed by atoms with E-state index in [1.807, 2.05) is 6.92 Å². The molecule has 0 spiro atoms. The molecule has 1 unspecified atom stereocenters. The largest absolute Gasteiger partial charge is 0.481 e. The molecule has 0 aromatic carbocycles. The highest BCUT2D eigenvalue weighted by atomic mass is 16.4. The van der Waals surface area contributed by atoms with Gasteiger partial charge in [-0.25, -0.2) is 0 Å². The van der Waals surface area contributed by atoms with E-state index >= 15 is 0 Å². The number of carboxylic acids is 1. The van der Waals surface area contributed by atoms with Gasteiger partial charge < -0.3 is 5.11 Å². The fourth-order valence-electron chi connectivity index (χ4n) is 1.67. The van der Waals surface area contributed by atoms with Gasteiger partial charge in [0.2, 0.25) is 11.8 Å². The number of amides is 2. The molecule has 0 saturated carbocycles. The zero-order valence-corrected chi connectivity index (χ0v) is 8.73. The molecule has 1 rings (SSSR count). The van der Waals surface area contributed by atoms with E-state index in [9.17, 15) is 14.4 Å². The van der Waals surface area contributed by atoms with Crippen molar-refractivity contribution in [2.24, 2.45) is 5.92 Å². The number of rotatable bonds is 5. The lowest BCUT2D eigenvalue weighted by molar-refractivity contribution is -0.142. The minimum Gasteiger partial charge on any atom is -0.481 e. The van der Waals surface area contributed by atoms with Crippen molar-refractivity contribution < 1.29 is 19.5 Å². The number of carbonyl (C=O) groups is 3. The highest BCUT2D eigenvalue weighted by Crippen LogP contribution is 2.17. The zero-order chi connectivity index (χ0) is 11.4. The van der Waals surface area contributed by atoms with Gasteiger partial charge in [0.15, 0.2) is 0 Å². The van der Waals surface area contributed by atoms with Gasteiger partial charge in [-0.15, -0.1) is 0 Å². The number of aliphatic carboxylic acids is 1. The van der Waals surface area contributed by atoms with E-state index in [1.54, 1.807) is 0 Å². The summed E-state index contributed by atoms with van der Waals surface area (Å²) in [6.07, 6.45) is 1.20. The lowest BCUT2D eigenvalue weighted by atomic mass is 10.0. The first kappa shape index (κ1) is 11.7. The minimum atomic E-state index is -0.888. The molecule has 5 nitrogen and oxygen atoms in total. The summed E-state index contributed by atoms with van der Waals surface area (Å²) in [7, 11) is 0. The van der Waals surface area contributed by atoms with Gasteiger partial charge in [0.25, 0.3) is 0 Å². The van der Waals surface area contributed by atoms with Crippen LogP contribution in [-0.2, 0) is 14.4 Å². The molecule has 5 heteroatoms. The maximum Gasteiger partial charge on any atom is 0.303 e. The molecule has 1 saturated heterocycles. The average Bonchev–Trinajstić information content (AvgIpc) is 2.47. The van der Waals surface area contributed by atoms with Crippen LogP contribution in [0.15, 0.2) is 0 Å². The third kappa shape index (κ3) is 3.04. The first-order valence-corrected chi connectivity index (χ1v) is 5.09. The van der Waals surface area contributed by atoms with Crippen molar-refractivity contribution >= 4 is 17.8 Å². The number of hydrogen-bond acceptors (Lipinski definition) is 3. The van der Waals surface area contributed by atoms with Crippen molar-refractivity contribution in [1.29, 1.82) is 0 Å². The Labute approximate surface area is 88.1 Å². The molecular weight excluding hydrogens is 198 g/mol. The molecule has 1 aliphatic rings. The van der Waals surface area contributed by atoms with Gasteiger partial charge in [0, 0.05) is 25.8 Å². The Morgan fingerprint density at radius 2 is 1.93 bits per heavy atom. The van der Waals surface area contributed by atoms with Crippen LogP contribution in [-0.4, -0.2) is 34.3 Å². The molecule has 1 atom stereocenters. The van der Waals surface area contributed by atoms with E-state index in [4.69, 9.17) is 5.11 Å². The standard InChI is InChI=1S/C10H15NO4/c1-2-7(5-10(14)15)6-11-8(12)3-4-9(11)13/h7H,2-6H2,1H3,(H,14,15). The fraction of sp³-hybridized carbons (Fsp3) is 0.700. The second-order valence-electron chi connectivity index (χ2n) is 3.77. The van der Waals surface area contributed by atoms with Gasteiger partial charge in [-0.05, 0) is 5.92 Å². The maximum atomic E-state index is 11.3. The quantitative estimate of drug-likeness (QED) is 0.680. The van der Waals surface area contributed by atoms with E-state index in [0.29, 0.717) is 6.42 Å². The van der Waals surface area contributed by atoms with Crippen LogP contribution in [0.4, 0.5) is 0 Å². The van der Waals surface area contributed by atoms with E-state index < -0.39 is 5.97 Å². The van der Waals surface area contributed by atoms with Gasteiger partial charge in [0.1, 0.15) is 0 Å². The van der Waals surface area contributed by atoms with Gasteiger partial charge >= 0.3 is 5.97 Å². The average molecular weight is 213 g/mol. The van der Waals surface area contributed by atoms with Crippen molar-refractivity contribution in [1.82, 2.24) is 4.90 Å². The molecule has 84 valence electrons. The molecule has 1 aliphatic heterocycles. The van der Waals surface area contributed by atoms with Crippen molar-refractivity contribution in [3.63, 3.8) is 0 Å². The molecule has 1 N–H and O–H groups in total. The Kier molecular flexibility index (Phi) is 3.82. The highest BCUT2D eigenvalue weighted by molar-refractivity contribution is 6.01. The molecule has 0 aromatic rings. The summed E-state index contributed by atoms with van der Waals surface area (Å²) in [5, 5.41) is 8.63. The topological polar surface area (TPSA) is 74.7 Å². The SMILES string of the molecule is CCC(CC(=O)O)CN1C(=O)CCC1=O. The Balaban J connectivity index is 2.54. The number of carboxylic acid groups (broad SMARTS) is 1. The summed E-state index contributed by atoms with van der Waals surface area (Å²) < 4.78 is 0. The second kappa shape index (κ2) is 4.91. The van der Waals surface area contributed by atoms with Gasteiger partial charge in [-0.1, -0.05) is 13.3 Å². The Morgan fingerprint density at radius 3 is 2.33 bits per heavy atom. The summed E-state index contributed by atoms with van der Waals surface area (Å²) >= 11 is 0. The van der Waals surface area contributed by atoms with Crippen LogP contribution in [0.5, 0.6) is 0 Å². The van der Waals surface area contributed by atoms with E-state index in [0.717, 1.165) is 0 Å². The summed E-state index contributed by atoms with van der Waals surface area (Å²) in [5.41, 5.74) is 0. The lowest BCUT2D eigenvalue weighted by Crippen LogP contribution is -2.34. The molecule has 2 amide bonds. The maximum absolute atomic E-state index is 11.3. The van der Waals surface area contributed by atoms with Crippen LogP contribution in [0.1, 0.15) is 32.6 Å². The Hall–Kier alpha value is -1.39. The van der Waals surface area contributed by atoms with E-state index in [-0.39, 0.29) is 43.5 Å². The molecule has 0 bridgehead atoms. The smallest absolute Gasteiger partial charge is 0.303 e. The van der Waals surface area contributed by atoms with E-state index in [1.165, 1.54) is 4.90 Å². The molecular formula is C10H15NO4. The van der Waals surface area contributed by atoms with Crippen molar-refractivity contribution in [2.75, 3.05) is 6.54 Å². The molecule has 1 fully saturated rings. The zero-order valence-electron chi connectivity index (χ0n) is 8.73. The second-order valence-corrected chi connectivity index (χ2v) is 3.77. The summed E-state index contributed by atoms with van der Waals surface area (Å²) in [5.74, 6) is -1.37. The fourth-order valence-corrected chi connectivity index (χ4v) is 1.67. The normalized spacial score (nSPS) is 18.3. The first-order valence-electron chi connectivity index (χ1n) is 5.09. The number of carbonyl (C=O) groups excluding carboxylic acids is 2. The van der Waals surface area contributed by atoms with Crippen molar-refractivity contribution in [3.05, 3.63) is 0 Å². The number of nitrogens with zero attached hydrogens (tertiary/aromatic N) is 1. The summed E-state index contributed by atoms with van der Waals surface area (Å²) in [6.45, 7) is 2.11. The predicted octanol–water partition coefficient (Wildman–Crippen LogP) is 0.636. The van der Waals surface area contributed by atoms with Crippen LogP contribution >= 0.6 is 0 Å². The minimum absolute atomic E-state index is 0.00750. The van der Waals surface area contributed by atoms with Crippen LogP contribution in [0, 0.1) is 5.92 Å². The molecule has 1 heterocycles.